The monoisotopic (exact) mass is 384 g/mol. The molecule has 0 radical (unpaired) electrons. The van der Waals surface area contributed by atoms with Gasteiger partial charge in [-0.15, -0.1) is 0 Å². The lowest BCUT2D eigenvalue weighted by atomic mass is 10.2. The lowest BCUT2D eigenvalue weighted by Gasteiger charge is -2.11. The first-order valence-electron chi connectivity index (χ1n) is 6.07. The number of benzene rings is 2. The molecule has 0 saturated carbocycles. The molecule has 3 nitrogen and oxygen atoms in total. The highest BCUT2D eigenvalue weighted by Gasteiger charge is 2.07. The van der Waals surface area contributed by atoms with Crippen LogP contribution in [-0.4, -0.2) is 6.61 Å². The van der Waals surface area contributed by atoms with Crippen molar-refractivity contribution in [1.29, 1.82) is 5.26 Å². The first-order valence-corrected chi connectivity index (χ1v) is 7.62. The predicted molar refractivity (Wildman–Crippen MR) is 89.0 cm³/mol. The molecule has 21 heavy (non-hydrogen) atoms. The molecule has 0 amide bonds. The van der Waals surface area contributed by atoms with Crippen LogP contribution in [0.25, 0.3) is 0 Å². The maximum atomic E-state index is 8.45. The van der Waals surface area contributed by atoms with E-state index >= 15 is 0 Å². The third-order valence-corrected chi connectivity index (χ3v) is 3.76. The summed E-state index contributed by atoms with van der Waals surface area (Å²) in [5.74, 6) is 0.667. The fourth-order valence-electron chi connectivity index (χ4n) is 1.72. The summed E-state index contributed by atoms with van der Waals surface area (Å²) >= 11 is 15.7. The number of nitriles is 1. The molecule has 0 saturated heterocycles. The minimum atomic E-state index is 0.0434. The van der Waals surface area contributed by atoms with Gasteiger partial charge in [0.05, 0.1) is 15.7 Å². The van der Waals surface area contributed by atoms with Crippen LogP contribution in [0.2, 0.25) is 10.0 Å². The molecule has 2 aromatic carbocycles. The lowest BCUT2D eigenvalue weighted by Crippen LogP contribution is -2.01. The van der Waals surface area contributed by atoms with Crippen molar-refractivity contribution in [3.05, 3.63) is 56.5 Å². The molecule has 2 aromatic rings. The Balaban J connectivity index is 2.02. The van der Waals surface area contributed by atoms with Crippen molar-refractivity contribution in [1.82, 2.24) is 0 Å². The molecule has 0 aliphatic carbocycles. The summed E-state index contributed by atoms with van der Waals surface area (Å²) in [6.07, 6.45) is 0. The highest BCUT2D eigenvalue weighted by molar-refractivity contribution is 9.10. The van der Waals surface area contributed by atoms with E-state index in [9.17, 15) is 0 Å². The summed E-state index contributed by atoms with van der Waals surface area (Å²) < 4.78 is 6.03. The van der Waals surface area contributed by atoms with Crippen molar-refractivity contribution >= 4 is 44.8 Å². The second-order valence-corrected chi connectivity index (χ2v) is 5.92. The van der Waals surface area contributed by atoms with Gasteiger partial charge in [-0.2, -0.15) is 5.26 Å². The molecule has 0 spiro atoms. The first kappa shape index (κ1) is 16.0. The minimum Gasteiger partial charge on any atom is -0.479 e. The van der Waals surface area contributed by atoms with Gasteiger partial charge in [-0.1, -0.05) is 51.3 Å². The topological polar surface area (TPSA) is 45.0 Å². The fourth-order valence-corrected chi connectivity index (χ4v) is 3.06. The molecule has 0 fully saturated rings. The van der Waals surface area contributed by atoms with Crippen LogP contribution in [-0.2, 0) is 6.54 Å². The number of anilines is 1. The average molecular weight is 386 g/mol. The van der Waals surface area contributed by atoms with Crippen LogP contribution in [0, 0.1) is 11.3 Å². The van der Waals surface area contributed by atoms with Crippen LogP contribution in [0.3, 0.4) is 0 Å². The maximum Gasteiger partial charge on any atom is 0.174 e. The maximum absolute atomic E-state index is 8.45. The molecule has 0 heterocycles. The molecule has 0 bridgehead atoms. The molecule has 0 aromatic heterocycles. The second-order valence-electron chi connectivity index (χ2n) is 4.19. The molecular formula is C15H11BrCl2N2O. The largest absolute Gasteiger partial charge is 0.479 e. The number of nitrogens with zero attached hydrogens (tertiary/aromatic N) is 1. The zero-order chi connectivity index (χ0) is 15.2. The zero-order valence-electron chi connectivity index (χ0n) is 10.9. The zero-order valence-corrected chi connectivity index (χ0v) is 14.0. The number of hydrogen-bond donors (Lipinski definition) is 1. The van der Waals surface area contributed by atoms with Gasteiger partial charge in [0.15, 0.2) is 6.61 Å². The summed E-state index contributed by atoms with van der Waals surface area (Å²) in [4.78, 5) is 0. The molecule has 0 aliphatic rings. The van der Waals surface area contributed by atoms with Gasteiger partial charge in [0.25, 0.3) is 0 Å². The van der Waals surface area contributed by atoms with Crippen molar-refractivity contribution in [2.75, 3.05) is 11.9 Å². The van der Waals surface area contributed by atoms with Crippen molar-refractivity contribution in [3.63, 3.8) is 0 Å². The van der Waals surface area contributed by atoms with E-state index < -0.39 is 0 Å². The van der Waals surface area contributed by atoms with Gasteiger partial charge in [-0.05, 0) is 29.8 Å². The predicted octanol–water partition coefficient (Wildman–Crippen LogP) is 5.27. The smallest absolute Gasteiger partial charge is 0.174 e. The van der Waals surface area contributed by atoms with Gasteiger partial charge in [-0.3, -0.25) is 0 Å². The SMILES string of the molecule is N#CCOc1ccc(CNc2c(Cl)cc(Br)cc2Cl)cc1. The molecule has 0 aliphatic heterocycles. The van der Waals surface area contributed by atoms with E-state index in [1.54, 1.807) is 12.1 Å². The Morgan fingerprint density at radius 1 is 1.14 bits per heavy atom. The number of hydrogen-bond acceptors (Lipinski definition) is 3. The number of rotatable bonds is 5. The highest BCUT2D eigenvalue weighted by Crippen LogP contribution is 2.34. The van der Waals surface area contributed by atoms with Crippen LogP contribution < -0.4 is 10.1 Å². The van der Waals surface area contributed by atoms with Gasteiger partial charge in [0.1, 0.15) is 11.8 Å². The van der Waals surface area contributed by atoms with Gasteiger partial charge < -0.3 is 10.1 Å². The van der Waals surface area contributed by atoms with E-state index in [2.05, 4.69) is 21.2 Å². The summed E-state index contributed by atoms with van der Waals surface area (Å²) in [6.45, 7) is 0.626. The van der Waals surface area contributed by atoms with E-state index in [1.807, 2.05) is 30.3 Å². The lowest BCUT2D eigenvalue weighted by molar-refractivity contribution is 0.368. The third kappa shape index (κ3) is 4.53. The third-order valence-electron chi connectivity index (χ3n) is 2.70. The van der Waals surface area contributed by atoms with E-state index in [0.29, 0.717) is 28.0 Å². The van der Waals surface area contributed by atoms with Crippen molar-refractivity contribution in [2.45, 2.75) is 6.54 Å². The standard InChI is InChI=1S/C15H11BrCl2N2O/c16-11-7-13(17)15(14(18)8-11)20-9-10-1-3-12(4-2-10)21-6-5-19/h1-4,7-8,20H,6,9H2. The molecule has 1 N–H and O–H groups in total. The van der Waals surface area contributed by atoms with Gasteiger partial charge in [0, 0.05) is 11.0 Å². The summed E-state index contributed by atoms with van der Waals surface area (Å²) in [6, 6.07) is 13.0. The van der Waals surface area contributed by atoms with Crippen LogP contribution in [0.4, 0.5) is 5.69 Å². The van der Waals surface area contributed by atoms with Crippen molar-refractivity contribution in [2.24, 2.45) is 0 Å². The Bertz CT molecular complexity index is 645. The van der Waals surface area contributed by atoms with Gasteiger partial charge in [0.2, 0.25) is 0 Å². The normalized spacial score (nSPS) is 10.0. The number of halogens is 3. The Morgan fingerprint density at radius 3 is 2.33 bits per heavy atom. The summed E-state index contributed by atoms with van der Waals surface area (Å²) in [5.41, 5.74) is 1.75. The van der Waals surface area contributed by atoms with E-state index in [0.717, 1.165) is 10.0 Å². The van der Waals surface area contributed by atoms with Gasteiger partial charge in [-0.25, -0.2) is 0 Å². The van der Waals surface area contributed by atoms with Crippen LogP contribution >= 0.6 is 39.1 Å². The minimum absolute atomic E-state index is 0.0434. The molecular weight excluding hydrogens is 375 g/mol. The molecule has 6 heteroatoms. The summed E-state index contributed by atoms with van der Waals surface area (Å²) in [5, 5.41) is 12.8. The summed E-state index contributed by atoms with van der Waals surface area (Å²) in [7, 11) is 0. The first-order chi connectivity index (χ1) is 10.1. The Kier molecular flexibility index (Phi) is 5.75. The van der Waals surface area contributed by atoms with E-state index in [1.165, 1.54) is 0 Å². The Hall–Kier alpha value is -1.41. The molecule has 2 rings (SSSR count). The van der Waals surface area contributed by atoms with Crippen molar-refractivity contribution in [3.8, 4) is 11.8 Å². The Morgan fingerprint density at radius 2 is 1.76 bits per heavy atom. The van der Waals surface area contributed by atoms with Crippen molar-refractivity contribution < 1.29 is 4.74 Å². The van der Waals surface area contributed by atoms with Crippen LogP contribution in [0.15, 0.2) is 40.9 Å². The fraction of sp³-hybridized carbons (Fsp3) is 0.133. The van der Waals surface area contributed by atoms with Crippen LogP contribution in [0.5, 0.6) is 5.75 Å². The highest BCUT2D eigenvalue weighted by atomic mass is 79.9. The quantitative estimate of drug-likeness (QED) is 0.762. The Labute approximate surface area is 141 Å². The average Bonchev–Trinajstić information content (AvgIpc) is 2.45. The molecule has 108 valence electrons. The molecule has 0 atom stereocenters. The molecule has 0 unspecified atom stereocenters. The van der Waals surface area contributed by atoms with E-state index in [4.69, 9.17) is 33.2 Å². The van der Waals surface area contributed by atoms with Crippen LogP contribution in [0.1, 0.15) is 5.56 Å². The number of ether oxygens (including phenoxy) is 1. The number of nitrogens with one attached hydrogen (secondary N) is 1. The van der Waals surface area contributed by atoms with Gasteiger partial charge >= 0.3 is 0 Å². The second kappa shape index (κ2) is 7.56. The van der Waals surface area contributed by atoms with E-state index in [-0.39, 0.29) is 6.61 Å².